The van der Waals surface area contributed by atoms with Crippen LogP contribution in [0, 0.1) is 17.3 Å². The van der Waals surface area contributed by atoms with Crippen molar-refractivity contribution in [1.82, 2.24) is 35.8 Å². The van der Waals surface area contributed by atoms with Gasteiger partial charge in [-0.25, -0.2) is 17.9 Å². The molecule has 398 valence electrons. The van der Waals surface area contributed by atoms with Gasteiger partial charge in [-0.15, -0.1) is 0 Å². The predicted molar refractivity (Wildman–Crippen MR) is 275 cm³/mol. The van der Waals surface area contributed by atoms with E-state index in [1.54, 1.807) is 86.7 Å². The highest BCUT2D eigenvalue weighted by Crippen LogP contribution is 2.32. The van der Waals surface area contributed by atoms with Crippen molar-refractivity contribution in [3.63, 3.8) is 0 Å². The Labute approximate surface area is 422 Å². The molecule has 0 aliphatic heterocycles. The van der Waals surface area contributed by atoms with Gasteiger partial charge in [-0.2, -0.15) is 0 Å². The molecular formula is C51H83N9O10S. The normalized spacial score (nSPS) is 15.1. The lowest BCUT2D eigenvalue weighted by atomic mass is 9.76. The fourth-order valence-electron chi connectivity index (χ4n) is 7.69. The Morgan fingerprint density at radius 3 is 1.85 bits per heavy atom. The van der Waals surface area contributed by atoms with Gasteiger partial charge in [0.25, 0.3) is 5.91 Å². The third kappa shape index (κ3) is 19.6. The topological polar surface area (TPSA) is 285 Å². The molecule has 6 amide bonds. The van der Waals surface area contributed by atoms with E-state index in [4.69, 9.17) is 16.2 Å². The fourth-order valence-corrected chi connectivity index (χ4v) is 8.84. The number of rotatable bonds is 24. The maximum atomic E-state index is 14.6. The molecule has 71 heavy (non-hydrogen) atoms. The van der Waals surface area contributed by atoms with Crippen LogP contribution in [0.25, 0.3) is 0 Å². The van der Waals surface area contributed by atoms with Crippen molar-refractivity contribution >= 4 is 45.7 Å². The minimum Gasteiger partial charge on any atom is -0.444 e. The quantitative estimate of drug-likeness (QED) is 0.0425. The Balaban J connectivity index is 2.26. The minimum atomic E-state index is -4.23. The van der Waals surface area contributed by atoms with Crippen molar-refractivity contribution in [2.75, 3.05) is 20.6 Å². The molecule has 19 nitrogen and oxygen atoms in total. The van der Waals surface area contributed by atoms with Gasteiger partial charge in [-0.05, 0) is 81.0 Å². The number of likely N-dealkylation sites (N-methyl/N-ethyl adjacent to an activating group) is 2. The van der Waals surface area contributed by atoms with Gasteiger partial charge < -0.3 is 36.4 Å². The first-order valence-electron chi connectivity index (χ1n) is 24.0. The van der Waals surface area contributed by atoms with Crippen LogP contribution >= 0.6 is 0 Å². The van der Waals surface area contributed by atoms with E-state index in [0.29, 0.717) is 24.1 Å². The molecule has 10 N–H and O–H groups in total. The number of aliphatic hydroxyl groups is 1. The monoisotopic (exact) mass is 1010 g/mol. The van der Waals surface area contributed by atoms with Crippen LogP contribution < -0.4 is 37.5 Å². The van der Waals surface area contributed by atoms with Crippen molar-refractivity contribution in [3.8, 4) is 0 Å². The van der Waals surface area contributed by atoms with E-state index in [-0.39, 0.29) is 30.4 Å². The minimum absolute atomic E-state index is 0.0342. The van der Waals surface area contributed by atoms with E-state index >= 15 is 0 Å². The van der Waals surface area contributed by atoms with E-state index in [1.807, 2.05) is 58.0 Å². The molecule has 0 heterocycles. The van der Waals surface area contributed by atoms with Crippen LogP contribution in [0.2, 0.25) is 0 Å². The van der Waals surface area contributed by atoms with Gasteiger partial charge in [0.2, 0.25) is 33.7 Å². The molecule has 2 rings (SSSR count). The summed E-state index contributed by atoms with van der Waals surface area (Å²) in [6, 6.07) is 10.9. The first-order chi connectivity index (χ1) is 32.6. The molecular weight excluding hydrogens is 931 g/mol. The number of carbonyl (C=O) groups excluding carboxylic acids is 6. The number of hydrogen-bond acceptors (Lipinski definition) is 13. The summed E-state index contributed by atoms with van der Waals surface area (Å²) in [5, 5.41) is 20.4. The Kier molecular flexibility index (Phi) is 22.9. The first kappa shape index (κ1) is 61.7. The van der Waals surface area contributed by atoms with Crippen molar-refractivity contribution in [3.05, 3.63) is 82.9 Å². The molecule has 0 aliphatic rings. The molecule has 1 unspecified atom stereocenters. The van der Waals surface area contributed by atoms with Crippen LogP contribution in [0.5, 0.6) is 0 Å². The van der Waals surface area contributed by atoms with Crippen LogP contribution in [-0.4, -0.2) is 122 Å². The second-order valence-corrected chi connectivity index (χ2v) is 23.2. The third-order valence-electron chi connectivity index (χ3n) is 11.9. The van der Waals surface area contributed by atoms with Gasteiger partial charge in [0.05, 0.1) is 17.8 Å². The van der Waals surface area contributed by atoms with Crippen LogP contribution in [0.15, 0.2) is 66.2 Å². The number of carbonyl (C=O) groups is 6. The van der Waals surface area contributed by atoms with Gasteiger partial charge in [-0.1, -0.05) is 123 Å². The summed E-state index contributed by atoms with van der Waals surface area (Å²) in [5.74, 6) is -3.87. The van der Waals surface area contributed by atoms with E-state index < -0.39 is 104 Å². The first-order valence-corrected chi connectivity index (χ1v) is 25.6. The highest BCUT2D eigenvalue weighted by Gasteiger charge is 2.46. The molecule has 0 spiro atoms. The summed E-state index contributed by atoms with van der Waals surface area (Å²) in [4.78, 5) is 84.8. The molecule has 0 saturated carbocycles. The third-order valence-corrected chi connectivity index (χ3v) is 13.2. The molecule has 2 aromatic carbocycles. The van der Waals surface area contributed by atoms with Crippen molar-refractivity contribution in [1.29, 1.82) is 0 Å². The molecule has 0 bridgehead atoms. The lowest BCUT2D eigenvalue weighted by molar-refractivity contribution is -0.141. The van der Waals surface area contributed by atoms with Crippen molar-refractivity contribution in [2.45, 2.75) is 163 Å². The van der Waals surface area contributed by atoms with Crippen LogP contribution in [0.4, 0.5) is 4.79 Å². The van der Waals surface area contributed by atoms with E-state index in [1.165, 1.54) is 29.8 Å². The SMILES string of the molecule is C/C(=C\[C@H](C(C)C)N(C)C(=O)[C@@H](NC(=O)[C@@H](N(C)C(=O)OC(C)(C)C)C(C)(C)c1ccccc1)C(C)(C)C)C(=O)NS(=O)(=O)Cc1ccc(CNC(=O)[C@H](CCCNC(N)O)NC(=O)[C@@H](N)C(C)C)cc1. The smallest absolute Gasteiger partial charge is 0.410 e. The van der Waals surface area contributed by atoms with Gasteiger partial charge in [-0.3, -0.25) is 39.9 Å². The van der Waals surface area contributed by atoms with Gasteiger partial charge in [0.1, 0.15) is 23.7 Å². The second kappa shape index (κ2) is 26.3. The maximum absolute atomic E-state index is 14.6. The van der Waals surface area contributed by atoms with Crippen molar-refractivity contribution in [2.24, 2.45) is 28.7 Å². The molecule has 2 aromatic rings. The zero-order chi connectivity index (χ0) is 54.4. The number of aliphatic hydroxyl groups excluding tert-OH is 1. The van der Waals surface area contributed by atoms with Crippen LogP contribution in [0.3, 0.4) is 0 Å². The summed E-state index contributed by atoms with van der Waals surface area (Å²) in [6.45, 7) is 23.3. The van der Waals surface area contributed by atoms with Crippen LogP contribution in [0.1, 0.15) is 120 Å². The number of nitrogens with zero attached hydrogens (tertiary/aromatic N) is 2. The summed E-state index contributed by atoms with van der Waals surface area (Å²) < 4.78 is 34.5. The Bertz CT molecular complexity index is 2260. The Morgan fingerprint density at radius 1 is 0.775 bits per heavy atom. The molecule has 0 saturated heterocycles. The van der Waals surface area contributed by atoms with Crippen molar-refractivity contribution < 1.29 is 47.0 Å². The van der Waals surface area contributed by atoms with E-state index in [9.17, 15) is 42.3 Å². The second-order valence-electron chi connectivity index (χ2n) is 21.5. The zero-order valence-corrected chi connectivity index (χ0v) is 45.3. The summed E-state index contributed by atoms with van der Waals surface area (Å²) >= 11 is 0. The highest BCUT2D eigenvalue weighted by atomic mass is 32.2. The highest BCUT2D eigenvalue weighted by molar-refractivity contribution is 7.89. The lowest BCUT2D eigenvalue weighted by Gasteiger charge is -2.42. The standard InChI is InChI=1S/C51H83N9O10S/c1-31(2)38(59(14)46(65)40(49(6,7)8)57-45(64)41(60(15)48(67)70-50(9,10)11)51(12,13)36-20-17-16-18-21-36)28-33(5)42(61)58-71(68,69)30-35-25-23-34(24-26-35)29-55-43(62)37(22-19-27-54-47(53)66)56-44(63)39(52)32(3)4/h16-18,20-21,23-26,28,31-32,37-41,47,54,66H,19,22,27,29-30,52-53H2,1-15H3,(H,55,62)(H,56,63)(H,57,64)(H,58,61)/b33-28+/t37-,38+,39-,40+,41+,47?/m0/s1. The number of ether oxygens (including phenoxy) is 1. The van der Waals surface area contributed by atoms with Crippen LogP contribution in [-0.2, 0) is 56.4 Å². The summed E-state index contributed by atoms with van der Waals surface area (Å²) in [5.41, 5.74) is 10.5. The number of amides is 6. The van der Waals surface area contributed by atoms with Gasteiger partial charge >= 0.3 is 6.09 Å². The number of hydrogen-bond donors (Lipinski definition) is 8. The molecule has 20 heteroatoms. The number of sulfonamides is 1. The molecule has 0 radical (unpaired) electrons. The summed E-state index contributed by atoms with van der Waals surface area (Å²) in [6.07, 6.45) is 0.211. The molecule has 0 aliphatic carbocycles. The lowest BCUT2D eigenvalue weighted by Crippen LogP contribution is -2.63. The largest absolute Gasteiger partial charge is 0.444 e. The molecule has 0 aromatic heterocycles. The van der Waals surface area contributed by atoms with Gasteiger partial charge in [0.15, 0.2) is 6.35 Å². The van der Waals surface area contributed by atoms with E-state index in [0.717, 1.165) is 5.56 Å². The fraction of sp³-hybridized carbons (Fsp3) is 0.608. The zero-order valence-electron chi connectivity index (χ0n) is 44.5. The Hall–Kier alpha value is -5.41. The maximum Gasteiger partial charge on any atom is 0.410 e. The molecule has 0 fully saturated rings. The predicted octanol–water partition coefficient (Wildman–Crippen LogP) is 3.49. The number of benzene rings is 2. The van der Waals surface area contributed by atoms with Gasteiger partial charge in [0, 0.05) is 31.6 Å². The Morgan fingerprint density at radius 2 is 1.34 bits per heavy atom. The number of nitrogens with two attached hydrogens (primary N) is 2. The average molecular weight is 1010 g/mol. The summed E-state index contributed by atoms with van der Waals surface area (Å²) in [7, 11) is -1.18. The molecule has 6 atom stereocenters. The average Bonchev–Trinajstić information content (AvgIpc) is 3.25. The number of nitrogens with one attached hydrogen (secondary N) is 5. The van der Waals surface area contributed by atoms with E-state index in [2.05, 4.69) is 26.0 Å².